The summed E-state index contributed by atoms with van der Waals surface area (Å²) in [5.41, 5.74) is 2.63. The normalized spacial score (nSPS) is 10.5. The van der Waals surface area contributed by atoms with E-state index < -0.39 is 0 Å². The summed E-state index contributed by atoms with van der Waals surface area (Å²) in [5.74, 6) is 1.27. The van der Waals surface area contributed by atoms with Gasteiger partial charge in [-0.25, -0.2) is 0 Å². The molecule has 25 heavy (non-hydrogen) atoms. The van der Waals surface area contributed by atoms with Gasteiger partial charge in [-0.15, -0.1) is 0 Å². The molecule has 0 atom stereocenters. The van der Waals surface area contributed by atoms with E-state index in [1.165, 1.54) is 0 Å². The molecule has 0 spiro atoms. The van der Waals surface area contributed by atoms with Crippen LogP contribution in [-0.2, 0) is 6.61 Å². The fraction of sp³-hybridized carbons (Fsp3) is 0.150. The first kappa shape index (κ1) is 17.1. The zero-order valence-electron chi connectivity index (χ0n) is 14.0. The Hall–Kier alpha value is -2.72. The number of rotatable bonds is 5. The first-order valence-electron chi connectivity index (χ1n) is 7.87. The molecule has 0 saturated heterocycles. The highest BCUT2D eigenvalue weighted by Gasteiger charge is 2.13. The standard InChI is InChI=1S/C20H18ClNO3/c1-13-7-8-15(21)11-17(13)22-20(23)19-10-9-16(25-19)12-24-18-6-4-3-5-14(18)2/h3-11H,12H2,1-2H3,(H,22,23). The van der Waals surface area contributed by atoms with Crippen LogP contribution in [-0.4, -0.2) is 5.91 Å². The monoisotopic (exact) mass is 355 g/mol. The summed E-state index contributed by atoms with van der Waals surface area (Å²) in [6.45, 7) is 4.13. The molecule has 1 heterocycles. The van der Waals surface area contributed by atoms with Crippen molar-refractivity contribution in [2.24, 2.45) is 0 Å². The summed E-state index contributed by atoms with van der Waals surface area (Å²) in [5, 5.41) is 3.37. The topological polar surface area (TPSA) is 51.5 Å². The highest BCUT2D eigenvalue weighted by Crippen LogP contribution is 2.22. The molecule has 1 N–H and O–H groups in total. The van der Waals surface area contributed by atoms with Gasteiger partial charge < -0.3 is 14.5 Å². The van der Waals surface area contributed by atoms with Gasteiger partial charge in [0.05, 0.1) is 0 Å². The molecule has 0 fully saturated rings. The van der Waals surface area contributed by atoms with E-state index in [0.717, 1.165) is 16.9 Å². The molecular formula is C20H18ClNO3. The van der Waals surface area contributed by atoms with Crippen LogP contribution in [0.5, 0.6) is 5.75 Å². The Balaban J connectivity index is 1.65. The van der Waals surface area contributed by atoms with Crippen LogP contribution in [0.1, 0.15) is 27.4 Å². The molecule has 5 heteroatoms. The molecule has 3 aromatic rings. The third-order valence-corrected chi connectivity index (χ3v) is 4.03. The van der Waals surface area contributed by atoms with Crippen molar-refractivity contribution in [1.82, 2.24) is 0 Å². The minimum atomic E-state index is -0.326. The Morgan fingerprint density at radius 1 is 1.08 bits per heavy atom. The van der Waals surface area contributed by atoms with Gasteiger partial charge >= 0.3 is 0 Å². The summed E-state index contributed by atoms with van der Waals surface area (Å²) in [6.07, 6.45) is 0. The number of furan rings is 1. The van der Waals surface area contributed by atoms with E-state index in [1.807, 2.05) is 44.2 Å². The van der Waals surface area contributed by atoms with Crippen LogP contribution in [0.2, 0.25) is 5.02 Å². The van der Waals surface area contributed by atoms with Crippen molar-refractivity contribution in [2.75, 3.05) is 5.32 Å². The van der Waals surface area contributed by atoms with Crippen molar-refractivity contribution in [3.8, 4) is 5.75 Å². The Morgan fingerprint density at radius 3 is 2.68 bits per heavy atom. The number of hydrogen-bond acceptors (Lipinski definition) is 3. The highest BCUT2D eigenvalue weighted by atomic mass is 35.5. The molecule has 0 saturated carbocycles. The van der Waals surface area contributed by atoms with Crippen LogP contribution < -0.4 is 10.1 Å². The molecule has 0 aliphatic carbocycles. The second kappa shape index (κ2) is 7.45. The second-order valence-corrected chi connectivity index (χ2v) is 6.17. The predicted octanol–water partition coefficient (Wildman–Crippen LogP) is 5.38. The van der Waals surface area contributed by atoms with Gasteiger partial charge in [-0.2, -0.15) is 0 Å². The number of para-hydroxylation sites is 1. The maximum absolute atomic E-state index is 12.3. The van der Waals surface area contributed by atoms with Crippen molar-refractivity contribution in [3.05, 3.63) is 82.3 Å². The van der Waals surface area contributed by atoms with E-state index in [4.69, 9.17) is 20.8 Å². The highest BCUT2D eigenvalue weighted by molar-refractivity contribution is 6.31. The number of aryl methyl sites for hydroxylation is 2. The first-order valence-corrected chi connectivity index (χ1v) is 8.25. The van der Waals surface area contributed by atoms with E-state index in [-0.39, 0.29) is 18.3 Å². The quantitative estimate of drug-likeness (QED) is 0.668. The molecular weight excluding hydrogens is 338 g/mol. The van der Waals surface area contributed by atoms with Gasteiger partial charge in [0.2, 0.25) is 0 Å². The van der Waals surface area contributed by atoms with Crippen LogP contribution in [0.25, 0.3) is 0 Å². The first-order chi connectivity index (χ1) is 12.0. The maximum Gasteiger partial charge on any atom is 0.291 e. The van der Waals surface area contributed by atoms with Crippen LogP contribution in [0.4, 0.5) is 5.69 Å². The van der Waals surface area contributed by atoms with Crippen LogP contribution >= 0.6 is 11.6 Å². The molecule has 0 radical (unpaired) electrons. The van der Waals surface area contributed by atoms with E-state index in [0.29, 0.717) is 16.5 Å². The molecule has 2 aromatic carbocycles. The average molecular weight is 356 g/mol. The Kier molecular flexibility index (Phi) is 5.10. The molecule has 0 aliphatic rings. The molecule has 128 valence electrons. The molecule has 1 aromatic heterocycles. The number of amides is 1. The Morgan fingerprint density at radius 2 is 1.88 bits per heavy atom. The molecule has 3 rings (SSSR count). The van der Waals surface area contributed by atoms with Crippen LogP contribution in [0, 0.1) is 13.8 Å². The van der Waals surface area contributed by atoms with Crippen LogP contribution in [0.3, 0.4) is 0 Å². The number of hydrogen-bond donors (Lipinski definition) is 1. The smallest absolute Gasteiger partial charge is 0.291 e. The van der Waals surface area contributed by atoms with Crippen molar-refractivity contribution < 1.29 is 13.9 Å². The fourth-order valence-corrected chi connectivity index (χ4v) is 2.53. The minimum Gasteiger partial charge on any atom is -0.485 e. The minimum absolute atomic E-state index is 0.225. The summed E-state index contributed by atoms with van der Waals surface area (Å²) < 4.78 is 11.3. The predicted molar refractivity (Wildman–Crippen MR) is 98.4 cm³/mol. The van der Waals surface area contributed by atoms with E-state index >= 15 is 0 Å². The second-order valence-electron chi connectivity index (χ2n) is 5.73. The SMILES string of the molecule is Cc1ccc(Cl)cc1NC(=O)c1ccc(COc2ccccc2C)o1. The van der Waals surface area contributed by atoms with Gasteiger partial charge in [-0.3, -0.25) is 4.79 Å². The fourth-order valence-electron chi connectivity index (χ4n) is 2.36. The Labute approximate surface area is 151 Å². The number of benzene rings is 2. The van der Waals surface area contributed by atoms with Gasteiger partial charge in [0.25, 0.3) is 5.91 Å². The lowest BCUT2D eigenvalue weighted by molar-refractivity contribution is 0.0992. The third-order valence-electron chi connectivity index (χ3n) is 3.80. The molecule has 0 bridgehead atoms. The number of nitrogens with one attached hydrogen (secondary N) is 1. The molecule has 0 unspecified atom stereocenters. The summed E-state index contributed by atoms with van der Waals surface area (Å²) in [4.78, 5) is 12.3. The lowest BCUT2D eigenvalue weighted by Gasteiger charge is -2.08. The van der Waals surface area contributed by atoms with Gasteiger partial charge in [-0.05, 0) is 55.3 Å². The van der Waals surface area contributed by atoms with E-state index in [9.17, 15) is 4.79 Å². The molecule has 4 nitrogen and oxygen atoms in total. The average Bonchev–Trinajstić information content (AvgIpc) is 3.06. The number of carbonyl (C=O) groups excluding carboxylic acids is 1. The van der Waals surface area contributed by atoms with Gasteiger partial charge in [0.15, 0.2) is 5.76 Å². The largest absolute Gasteiger partial charge is 0.485 e. The van der Waals surface area contributed by atoms with Gasteiger partial charge in [-0.1, -0.05) is 35.9 Å². The van der Waals surface area contributed by atoms with Crippen LogP contribution in [0.15, 0.2) is 59.0 Å². The zero-order chi connectivity index (χ0) is 17.8. The van der Waals surface area contributed by atoms with E-state index in [1.54, 1.807) is 24.3 Å². The maximum atomic E-state index is 12.3. The van der Waals surface area contributed by atoms with Crippen molar-refractivity contribution in [1.29, 1.82) is 0 Å². The van der Waals surface area contributed by atoms with Crippen molar-refractivity contribution >= 4 is 23.2 Å². The summed E-state index contributed by atoms with van der Waals surface area (Å²) in [6, 6.07) is 16.4. The zero-order valence-corrected chi connectivity index (χ0v) is 14.8. The Bertz CT molecular complexity index is 901. The lowest BCUT2D eigenvalue weighted by atomic mass is 10.2. The third kappa shape index (κ3) is 4.22. The molecule has 1 amide bonds. The summed E-state index contributed by atoms with van der Waals surface area (Å²) >= 11 is 5.97. The van der Waals surface area contributed by atoms with Gasteiger partial charge in [0.1, 0.15) is 18.1 Å². The summed E-state index contributed by atoms with van der Waals surface area (Å²) in [7, 11) is 0. The molecule has 0 aliphatic heterocycles. The number of halogens is 1. The van der Waals surface area contributed by atoms with Crippen molar-refractivity contribution in [2.45, 2.75) is 20.5 Å². The number of ether oxygens (including phenoxy) is 1. The van der Waals surface area contributed by atoms with Gasteiger partial charge in [0, 0.05) is 10.7 Å². The van der Waals surface area contributed by atoms with E-state index in [2.05, 4.69) is 5.32 Å². The number of anilines is 1. The number of carbonyl (C=O) groups is 1. The van der Waals surface area contributed by atoms with Crippen molar-refractivity contribution in [3.63, 3.8) is 0 Å². The lowest BCUT2D eigenvalue weighted by Crippen LogP contribution is -2.11.